The molecule has 0 N–H and O–H groups in total. The smallest absolute Gasteiger partial charge is 0.270 e. The lowest BCUT2D eigenvalue weighted by Crippen LogP contribution is -2.49. The van der Waals surface area contributed by atoms with Crippen molar-refractivity contribution in [3.63, 3.8) is 0 Å². The van der Waals surface area contributed by atoms with Crippen LogP contribution >= 0.6 is 0 Å². The summed E-state index contributed by atoms with van der Waals surface area (Å²) in [6.07, 6.45) is 4.63. The molecule has 0 saturated carbocycles. The minimum absolute atomic E-state index is 0.0212. The molecule has 0 bridgehead atoms. The maximum atomic E-state index is 12.8. The minimum Gasteiger partial charge on any atom is -0.337 e. The van der Waals surface area contributed by atoms with Gasteiger partial charge in [-0.3, -0.25) is 19.8 Å². The zero-order chi connectivity index (χ0) is 16.4. The van der Waals surface area contributed by atoms with Crippen molar-refractivity contribution >= 4 is 11.6 Å². The van der Waals surface area contributed by atoms with Crippen LogP contribution in [0.25, 0.3) is 0 Å². The van der Waals surface area contributed by atoms with E-state index in [0.717, 1.165) is 44.6 Å². The van der Waals surface area contributed by atoms with Gasteiger partial charge in [0.1, 0.15) is 0 Å². The standard InChI is InChI=1S/C17H23N3O3/c1-13-6-7-14(20(22)23)11-16(13)17(21)19-10-4-5-15(12-19)18-8-2-3-9-18/h6-7,11,15H,2-5,8-10,12H2,1H3. The Morgan fingerprint density at radius 1 is 1.22 bits per heavy atom. The van der Waals surface area contributed by atoms with Gasteiger partial charge >= 0.3 is 0 Å². The number of nitro groups is 1. The summed E-state index contributed by atoms with van der Waals surface area (Å²) < 4.78 is 0. The largest absolute Gasteiger partial charge is 0.337 e. The summed E-state index contributed by atoms with van der Waals surface area (Å²) in [7, 11) is 0. The third kappa shape index (κ3) is 3.37. The first-order valence-corrected chi connectivity index (χ1v) is 8.34. The highest BCUT2D eigenvalue weighted by molar-refractivity contribution is 5.96. The van der Waals surface area contributed by atoms with Crippen LogP contribution in [0.15, 0.2) is 18.2 Å². The lowest BCUT2D eigenvalue weighted by Gasteiger charge is -2.37. The molecule has 2 saturated heterocycles. The van der Waals surface area contributed by atoms with E-state index in [2.05, 4.69) is 4.90 Å². The predicted molar refractivity (Wildman–Crippen MR) is 87.6 cm³/mol. The number of likely N-dealkylation sites (tertiary alicyclic amines) is 2. The van der Waals surface area contributed by atoms with E-state index < -0.39 is 4.92 Å². The quantitative estimate of drug-likeness (QED) is 0.635. The van der Waals surface area contributed by atoms with Crippen molar-refractivity contribution in [2.75, 3.05) is 26.2 Å². The molecule has 1 aromatic rings. The molecule has 1 amide bonds. The Labute approximate surface area is 136 Å². The van der Waals surface area contributed by atoms with Crippen LogP contribution in [0.1, 0.15) is 41.6 Å². The van der Waals surface area contributed by atoms with Gasteiger partial charge in [0, 0.05) is 36.8 Å². The summed E-state index contributed by atoms with van der Waals surface area (Å²) in [5.74, 6) is -0.0740. The number of hydrogen-bond donors (Lipinski definition) is 0. The van der Waals surface area contributed by atoms with Crippen LogP contribution in [0.4, 0.5) is 5.69 Å². The molecule has 0 aliphatic carbocycles. The molecule has 1 atom stereocenters. The molecule has 2 fully saturated rings. The molecule has 0 radical (unpaired) electrons. The van der Waals surface area contributed by atoms with Gasteiger partial charge < -0.3 is 4.90 Å². The number of piperidine rings is 1. The highest BCUT2D eigenvalue weighted by Gasteiger charge is 2.30. The second kappa shape index (κ2) is 6.66. The Bertz CT molecular complexity index is 611. The molecule has 2 heterocycles. The third-order valence-electron chi connectivity index (χ3n) is 5.00. The van der Waals surface area contributed by atoms with E-state index in [1.807, 2.05) is 11.8 Å². The van der Waals surface area contributed by atoms with Crippen LogP contribution in [-0.4, -0.2) is 52.9 Å². The van der Waals surface area contributed by atoms with Crippen molar-refractivity contribution in [1.82, 2.24) is 9.80 Å². The summed E-state index contributed by atoms with van der Waals surface area (Å²) in [5, 5.41) is 11.0. The summed E-state index contributed by atoms with van der Waals surface area (Å²) >= 11 is 0. The minimum atomic E-state index is -0.445. The van der Waals surface area contributed by atoms with Crippen molar-refractivity contribution in [2.45, 2.75) is 38.6 Å². The van der Waals surface area contributed by atoms with Crippen LogP contribution in [0, 0.1) is 17.0 Å². The van der Waals surface area contributed by atoms with Crippen LogP contribution in [0.2, 0.25) is 0 Å². The number of amides is 1. The molecule has 124 valence electrons. The van der Waals surface area contributed by atoms with Gasteiger partial charge in [-0.15, -0.1) is 0 Å². The molecule has 0 aromatic heterocycles. The van der Waals surface area contributed by atoms with Crippen molar-refractivity contribution in [2.24, 2.45) is 0 Å². The fourth-order valence-corrected chi connectivity index (χ4v) is 3.67. The van der Waals surface area contributed by atoms with Crippen LogP contribution < -0.4 is 0 Å². The van der Waals surface area contributed by atoms with E-state index in [1.54, 1.807) is 6.07 Å². The number of carbonyl (C=O) groups excluding carboxylic acids is 1. The molecule has 3 rings (SSSR count). The van der Waals surface area contributed by atoms with Gasteiger partial charge in [0.05, 0.1) is 4.92 Å². The molecule has 2 aliphatic rings. The molecule has 2 aliphatic heterocycles. The number of nitro benzene ring substituents is 1. The Morgan fingerprint density at radius 3 is 2.65 bits per heavy atom. The highest BCUT2D eigenvalue weighted by atomic mass is 16.6. The van der Waals surface area contributed by atoms with Gasteiger partial charge in [0.15, 0.2) is 0 Å². The van der Waals surface area contributed by atoms with Crippen molar-refractivity contribution in [3.05, 3.63) is 39.4 Å². The van der Waals surface area contributed by atoms with Crippen molar-refractivity contribution in [1.29, 1.82) is 0 Å². The molecule has 23 heavy (non-hydrogen) atoms. The van der Waals surface area contributed by atoms with E-state index in [-0.39, 0.29) is 11.6 Å². The molecule has 1 unspecified atom stereocenters. The molecular formula is C17H23N3O3. The number of nitrogens with zero attached hydrogens (tertiary/aromatic N) is 3. The third-order valence-corrected chi connectivity index (χ3v) is 5.00. The topological polar surface area (TPSA) is 66.7 Å². The van der Waals surface area contributed by atoms with E-state index in [1.165, 1.54) is 25.0 Å². The molecule has 1 aromatic carbocycles. The zero-order valence-corrected chi connectivity index (χ0v) is 13.5. The van der Waals surface area contributed by atoms with Gasteiger partial charge in [0.25, 0.3) is 11.6 Å². The van der Waals surface area contributed by atoms with Gasteiger partial charge in [0.2, 0.25) is 0 Å². The molecular weight excluding hydrogens is 294 g/mol. The Kier molecular flexibility index (Phi) is 4.61. The van der Waals surface area contributed by atoms with Crippen molar-refractivity contribution < 1.29 is 9.72 Å². The number of benzene rings is 1. The van der Waals surface area contributed by atoms with Gasteiger partial charge in [-0.25, -0.2) is 0 Å². The second-order valence-electron chi connectivity index (χ2n) is 6.55. The van der Waals surface area contributed by atoms with E-state index in [0.29, 0.717) is 11.6 Å². The number of non-ortho nitro benzene ring substituents is 1. The summed E-state index contributed by atoms with van der Waals surface area (Å²) in [4.78, 5) is 27.7. The SMILES string of the molecule is Cc1ccc([N+](=O)[O-])cc1C(=O)N1CCCC(N2CCCC2)C1. The van der Waals surface area contributed by atoms with E-state index in [4.69, 9.17) is 0 Å². The van der Waals surface area contributed by atoms with Crippen LogP contribution in [-0.2, 0) is 0 Å². The first kappa shape index (κ1) is 15.9. The first-order chi connectivity index (χ1) is 11.1. The molecule has 6 heteroatoms. The average molecular weight is 317 g/mol. The highest BCUT2D eigenvalue weighted by Crippen LogP contribution is 2.24. The number of hydrogen-bond acceptors (Lipinski definition) is 4. The lowest BCUT2D eigenvalue weighted by molar-refractivity contribution is -0.384. The number of carbonyl (C=O) groups is 1. The van der Waals surface area contributed by atoms with Gasteiger partial charge in [-0.05, 0) is 51.3 Å². The monoisotopic (exact) mass is 317 g/mol. The maximum Gasteiger partial charge on any atom is 0.270 e. The average Bonchev–Trinajstić information content (AvgIpc) is 3.09. The van der Waals surface area contributed by atoms with Gasteiger partial charge in [-0.1, -0.05) is 6.07 Å². The van der Waals surface area contributed by atoms with Crippen molar-refractivity contribution in [3.8, 4) is 0 Å². The second-order valence-corrected chi connectivity index (χ2v) is 6.55. The molecule has 6 nitrogen and oxygen atoms in total. The summed E-state index contributed by atoms with van der Waals surface area (Å²) in [6.45, 7) is 5.57. The van der Waals surface area contributed by atoms with Gasteiger partial charge in [-0.2, -0.15) is 0 Å². The predicted octanol–water partition coefficient (Wildman–Crippen LogP) is 2.60. The fraction of sp³-hybridized carbons (Fsp3) is 0.588. The Balaban J connectivity index is 1.76. The number of rotatable bonds is 3. The maximum absolute atomic E-state index is 12.8. The first-order valence-electron chi connectivity index (χ1n) is 8.34. The fourth-order valence-electron chi connectivity index (χ4n) is 3.67. The lowest BCUT2D eigenvalue weighted by atomic mass is 10.0. The zero-order valence-electron chi connectivity index (χ0n) is 13.5. The molecule has 0 spiro atoms. The summed E-state index contributed by atoms with van der Waals surface area (Å²) in [6, 6.07) is 4.97. The Hall–Kier alpha value is -1.95. The number of aryl methyl sites for hydroxylation is 1. The normalized spacial score (nSPS) is 22.3. The Morgan fingerprint density at radius 2 is 1.96 bits per heavy atom. The summed E-state index contributed by atoms with van der Waals surface area (Å²) in [5.41, 5.74) is 1.23. The van der Waals surface area contributed by atoms with E-state index >= 15 is 0 Å². The van der Waals surface area contributed by atoms with Crippen LogP contribution in [0.5, 0.6) is 0 Å². The van der Waals surface area contributed by atoms with Crippen LogP contribution in [0.3, 0.4) is 0 Å². The van der Waals surface area contributed by atoms with E-state index in [9.17, 15) is 14.9 Å².